The van der Waals surface area contributed by atoms with Crippen molar-refractivity contribution in [3.63, 3.8) is 0 Å². The Labute approximate surface area is 771 Å². The van der Waals surface area contributed by atoms with E-state index < -0.39 is 7.12 Å². The molecule has 0 saturated heterocycles. The lowest BCUT2D eigenvalue weighted by Crippen LogP contribution is -2.29. The molecule has 0 fully saturated rings. The Hall–Kier alpha value is -7.31. The Morgan fingerprint density at radius 3 is 0.884 bits per heavy atom. The topological polar surface area (TPSA) is 69.9 Å². The van der Waals surface area contributed by atoms with Crippen molar-refractivity contribution in [1.82, 2.24) is 0 Å². The molecule has 3 N–H and O–H groups in total. The second-order valence-electron chi connectivity index (χ2n) is 33.3. The zero-order valence-electron chi connectivity index (χ0n) is 73.0. The van der Waals surface area contributed by atoms with Crippen molar-refractivity contribution in [3.05, 3.63) is 323 Å². The summed E-state index contributed by atoms with van der Waals surface area (Å²) in [6, 6.07) is 93.2. The molecule has 0 aromatic heterocycles. The van der Waals surface area contributed by atoms with Crippen molar-refractivity contribution in [2.24, 2.45) is 0 Å². The van der Waals surface area contributed by atoms with E-state index >= 15 is 0 Å². The molecule has 12 aromatic carbocycles. The van der Waals surface area contributed by atoms with Gasteiger partial charge < -0.3 is 19.9 Å². The van der Waals surface area contributed by atoms with Crippen LogP contribution in [0.15, 0.2) is 289 Å². The minimum Gasteiger partial charge on any atom is -0.508 e. The molecule has 0 bridgehead atoms. The Morgan fingerprint density at radius 2 is 0.537 bits per heavy atom. The molecule has 0 atom stereocenters. The van der Waals surface area contributed by atoms with Crippen LogP contribution in [-0.4, -0.2) is 36.7 Å². The molecule has 11 heteroatoms. The number of rotatable bonds is 34. The molecule has 121 heavy (non-hydrogen) atoms. The van der Waals surface area contributed by atoms with E-state index in [0.29, 0.717) is 11.2 Å². The molecule has 2 radical (unpaired) electrons. The van der Waals surface area contributed by atoms with Crippen molar-refractivity contribution in [1.29, 1.82) is 0 Å². The van der Waals surface area contributed by atoms with Crippen LogP contribution >= 0.6 is 79.6 Å². The largest absolute Gasteiger partial charge is 0.508 e. The third-order valence-corrected chi connectivity index (χ3v) is 25.8. The Bertz CT molecular complexity index is 4890. The Morgan fingerprint density at radius 1 is 0.281 bits per heavy atom. The van der Waals surface area contributed by atoms with Gasteiger partial charge in [-0.1, -0.05) is 452 Å². The first-order valence-corrected chi connectivity index (χ1v) is 48.6. The van der Waals surface area contributed by atoms with Gasteiger partial charge in [0.05, 0.1) is 14.5 Å². The van der Waals surface area contributed by atoms with Gasteiger partial charge >= 0.3 is 7.12 Å². The van der Waals surface area contributed by atoms with Crippen LogP contribution in [-0.2, 0) is 23.7 Å². The van der Waals surface area contributed by atoms with Gasteiger partial charge in [0, 0.05) is 33.2 Å². The SMILES string of the molecule is CC1(C)c2cc(Br)ccc2-c2ccc(Br)cc21.CCCCCCCCOc1ccc(-c2ccc(Br)cc2)cc1.CCCCCCCCc1ccc(-c2ccc(-c3ccc4c(c3)C(C)(C)c3cc(Br)ccc3-4)cc2)cc1.CCCCCCCCc1ccc(-c2ccc(B(O)O)cc2)cc1.Oc1ccc(-c2ccc(Br)cc2)cc1.[B]CCCCCCCC. The Kier molecular flexibility index (Phi) is 41.8. The molecule has 12 aromatic rings. The van der Waals surface area contributed by atoms with Crippen LogP contribution in [0, 0.1) is 0 Å². The lowest BCUT2D eigenvalue weighted by atomic mass is 9.80. The molecule has 14 rings (SSSR count). The summed E-state index contributed by atoms with van der Waals surface area (Å²) in [5.41, 5.74) is 26.6. The van der Waals surface area contributed by atoms with E-state index in [2.05, 4.69) is 329 Å². The van der Waals surface area contributed by atoms with E-state index in [9.17, 15) is 0 Å². The molecule has 0 amide bonds. The lowest BCUT2D eigenvalue weighted by molar-refractivity contribution is 0.304. The summed E-state index contributed by atoms with van der Waals surface area (Å²) in [5.74, 6) is 1.26. The van der Waals surface area contributed by atoms with Crippen molar-refractivity contribution < 1.29 is 19.9 Å². The number of hydrogen-bond acceptors (Lipinski definition) is 4. The highest BCUT2D eigenvalue weighted by Gasteiger charge is 2.37. The van der Waals surface area contributed by atoms with E-state index in [0.717, 1.165) is 76.1 Å². The van der Waals surface area contributed by atoms with Gasteiger partial charge in [-0.25, -0.2) is 0 Å². The molecule has 0 unspecified atom stereocenters. The first-order valence-electron chi connectivity index (χ1n) is 44.7. The highest BCUT2D eigenvalue weighted by Crippen LogP contribution is 2.52. The molecule has 0 aliphatic heterocycles. The van der Waals surface area contributed by atoms with Crippen molar-refractivity contribution in [3.8, 4) is 89.4 Å². The zero-order chi connectivity index (χ0) is 86.4. The fraction of sp³-hybridized carbons (Fsp3) is 0.345. The molecule has 0 saturated carbocycles. The van der Waals surface area contributed by atoms with Gasteiger partial charge in [-0.05, 0) is 240 Å². The summed E-state index contributed by atoms with van der Waals surface area (Å²) in [4.78, 5) is 0. The third kappa shape index (κ3) is 30.8. The van der Waals surface area contributed by atoms with Crippen LogP contribution in [0.4, 0.5) is 0 Å². The first-order chi connectivity index (χ1) is 58.6. The van der Waals surface area contributed by atoms with Crippen LogP contribution in [0.3, 0.4) is 0 Å². The van der Waals surface area contributed by atoms with Gasteiger partial charge in [-0.15, -0.1) is 0 Å². The van der Waals surface area contributed by atoms with Crippen molar-refractivity contribution in [2.45, 2.75) is 239 Å². The monoisotopic (exact) mass is 1930 g/mol. The van der Waals surface area contributed by atoms with E-state index in [4.69, 9.17) is 27.7 Å². The van der Waals surface area contributed by atoms with Gasteiger partial charge in [-0.2, -0.15) is 0 Å². The maximum Gasteiger partial charge on any atom is 0.488 e. The number of unbranched alkanes of at least 4 members (excludes halogenated alkanes) is 20. The highest BCUT2D eigenvalue weighted by molar-refractivity contribution is 9.11. The summed E-state index contributed by atoms with van der Waals surface area (Å²) in [7, 11) is 3.94. The molecular weight excluding hydrogens is 1810 g/mol. The number of benzene rings is 12. The second-order valence-corrected chi connectivity index (χ2v) is 37.9. The van der Waals surface area contributed by atoms with E-state index in [1.807, 2.05) is 48.5 Å². The average Bonchev–Trinajstić information content (AvgIpc) is 1.58. The van der Waals surface area contributed by atoms with Gasteiger partial charge in [0.1, 0.15) is 11.5 Å². The fourth-order valence-electron chi connectivity index (χ4n) is 15.9. The fourth-order valence-corrected chi connectivity index (χ4v) is 17.5. The molecular formula is C110H127B2Br5O4. The van der Waals surface area contributed by atoms with E-state index in [1.54, 1.807) is 24.3 Å². The van der Waals surface area contributed by atoms with E-state index in [-0.39, 0.29) is 10.8 Å². The number of aryl methyl sites for hydroxylation is 2. The number of aromatic hydroxyl groups is 1. The summed E-state index contributed by atoms with van der Waals surface area (Å²) >= 11 is 17.7. The number of phenolic OH excluding ortho intramolecular Hbond substituents is 1. The number of fused-ring (bicyclic) bond motifs is 6. The maximum atomic E-state index is 9.14. The third-order valence-electron chi connectivity index (χ3n) is 23.3. The molecule has 4 nitrogen and oxygen atoms in total. The van der Waals surface area contributed by atoms with Crippen LogP contribution < -0.4 is 10.2 Å². The van der Waals surface area contributed by atoms with Crippen LogP contribution in [0.2, 0.25) is 6.32 Å². The number of phenols is 1. The second kappa shape index (κ2) is 51.8. The molecule has 0 heterocycles. The predicted octanol–water partition coefficient (Wildman–Crippen LogP) is 34.1. The van der Waals surface area contributed by atoms with Crippen molar-refractivity contribution in [2.75, 3.05) is 6.61 Å². The van der Waals surface area contributed by atoms with Crippen LogP contribution in [0.25, 0.3) is 77.9 Å². The zero-order valence-corrected chi connectivity index (χ0v) is 80.9. The summed E-state index contributed by atoms with van der Waals surface area (Å²) in [5, 5.41) is 27.4. The summed E-state index contributed by atoms with van der Waals surface area (Å²) in [6.07, 6.45) is 35.2. The molecule has 632 valence electrons. The van der Waals surface area contributed by atoms with Crippen LogP contribution in [0.1, 0.15) is 243 Å². The van der Waals surface area contributed by atoms with Gasteiger partial charge in [0.15, 0.2) is 0 Å². The normalized spacial score (nSPS) is 12.1. The smallest absolute Gasteiger partial charge is 0.488 e. The molecule has 2 aliphatic rings. The van der Waals surface area contributed by atoms with Gasteiger partial charge in [0.25, 0.3) is 0 Å². The number of hydrogen-bond donors (Lipinski definition) is 3. The van der Waals surface area contributed by atoms with E-state index in [1.165, 1.54) is 243 Å². The first kappa shape index (κ1) is 97.5. The quantitative estimate of drug-likeness (QED) is 0.0278. The summed E-state index contributed by atoms with van der Waals surface area (Å²) in [6.45, 7) is 19.1. The summed E-state index contributed by atoms with van der Waals surface area (Å²) < 4.78 is 11.4. The minimum absolute atomic E-state index is 0.00164. The predicted molar refractivity (Wildman–Crippen MR) is 541 cm³/mol. The number of ether oxygens (including phenoxy) is 1. The van der Waals surface area contributed by atoms with Gasteiger partial charge in [-0.3, -0.25) is 0 Å². The maximum absolute atomic E-state index is 9.14. The van der Waals surface area contributed by atoms with Crippen LogP contribution in [0.5, 0.6) is 11.5 Å². The molecule has 0 spiro atoms. The lowest BCUT2D eigenvalue weighted by Gasteiger charge is -2.22. The van der Waals surface area contributed by atoms with Gasteiger partial charge in [0.2, 0.25) is 0 Å². The highest BCUT2D eigenvalue weighted by atomic mass is 79.9. The minimum atomic E-state index is -1.40. The average molecular weight is 1930 g/mol. The van der Waals surface area contributed by atoms with Crippen molar-refractivity contribution >= 4 is 100 Å². The Balaban J connectivity index is 0.000000173. The molecule has 2 aliphatic carbocycles. The standard InChI is InChI=1S/C35H37Br.C20H27BO2.C20H25BrO.C15H12Br2.C12H9BrO.C8H17B/c1-4-5-6-7-8-9-10-25-11-13-26(14-12-25)27-15-17-28(18-16-27)29-19-21-31-32-22-20-30(36)24-34(32)35(2,3)33(31)23-29;1-2-3-4-5-6-7-8-17-9-11-18(12-10-17)19-13-15-20(16-14-19)21(22)23;1-2-3-4-5-6-7-16-22-20-14-10-18(11-15-20)17-8-12-19(21)13-9-17;1-15(2)13-7-9(16)3-5-11(13)12-6-4-10(17)8-14(12)15;13-11-5-1-9(2-6-11)10-3-7-12(14)8-4-10;1-2-3-4-5-6-7-8-9/h11-24H,4-10H2,1-3H3;9-16,22-23H,2-8H2,1H3;8-15H,2-7,16H2,1H3;3-8H,1-2H3;1-8,14H;2-8H2,1H3. The number of halogens is 5.